The van der Waals surface area contributed by atoms with Crippen molar-refractivity contribution in [1.82, 2.24) is 0 Å². The molecule has 1 aliphatic rings. The highest BCUT2D eigenvalue weighted by atomic mass is 16.5. The van der Waals surface area contributed by atoms with Gasteiger partial charge in [0.2, 0.25) is 5.91 Å². The van der Waals surface area contributed by atoms with Gasteiger partial charge in [-0.15, -0.1) is 0 Å². The zero-order valence-electron chi connectivity index (χ0n) is 13.1. The van der Waals surface area contributed by atoms with Crippen molar-refractivity contribution in [2.75, 3.05) is 23.9 Å². The first kappa shape index (κ1) is 15.1. The SMILES string of the molecule is Cc1ccc(CC(=O)Nc2cccc3c2N(C)C(=O)CO3)cc1. The number of amides is 2. The molecule has 2 amide bonds. The van der Waals surface area contributed by atoms with Crippen LogP contribution < -0.4 is 15.0 Å². The van der Waals surface area contributed by atoms with Gasteiger partial charge in [-0.3, -0.25) is 9.59 Å². The van der Waals surface area contributed by atoms with Crippen molar-refractivity contribution in [2.24, 2.45) is 0 Å². The molecule has 5 nitrogen and oxygen atoms in total. The minimum Gasteiger partial charge on any atom is -0.481 e. The molecule has 1 N–H and O–H groups in total. The number of hydrogen-bond acceptors (Lipinski definition) is 3. The second-order valence-electron chi connectivity index (χ2n) is 5.60. The van der Waals surface area contributed by atoms with E-state index in [-0.39, 0.29) is 24.8 Å². The van der Waals surface area contributed by atoms with Gasteiger partial charge in [0.1, 0.15) is 11.4 Å². The van der Waals surface area contributed by atoms with Crippen LogP contribution in [0.3, 0.4) is 0 Å². The van der Waals surface area contributed by atoms with Crippen LogP contribution in [0.1, 0.15) is 11.1 Å². The number of para-hydroxylation sites is 1. The number of anilines is 2. The Bertz CT molecular complexity index is 753. The average Bonchev–Trinajstić information content (AvgIpc) is 2.53. The smallest absolute Gasteiger partial charge is 0.264 e. The number of nitrogens with one attached hydrogen (secondary N) is 1. The molecule has 0 fully saturated rings. The Hall–Kier alpha value is -2.82. The van der Waals surface area contributed by atoms with E-state index in [0.29, 0.717) is 17.1 Å². The molecule has 0 unspecified atom stereocenters. The largest absolute Gasteiger partial charge is 0.481 e. The molecule has 1 aliphatic heterocycles. The zero-order chi connectivity index (χ0) is 16.4. The third kappa shape index (κ3) is 3.18. The summed E-state index contributed by atoms with van der Waals surface area (Å²) in [6, 6.07) is 13.2. The van der Waals surface area contributed by atoms with Gasteiger partial charge in [-0.2, -0.15) is 0 Å². The molecule has 118 valence electrons. The maximum atomic E-state index is 12.3. The molecule has 3 rings (SSSR count). The second-order valence-corrected chi connectivity index (χ2v) is 5.60. The van der Waals surface area contributed by atoms with Crippen LogP contribution >= 0.6 is 0 Å². The normalized spacial score (nSPS) is 13.3. The molecule has 0 saturated carbocycles. The molecule has 2 aromatic rings. The quantitative estimate of drug-likeness (QED) is 0.948. The summed E-state index contributed by atoms with van der Waals surface area (Å²) >= 11 is 0. The van der Waals surface area contributed by atoms with Gasteiger partial charge in [0.15, 0.2) is 6.61 Å². The Kier molecular flexibility index (Phi) is 4.02. The molecule has 1 heterocycles. The fourth-order valence-corrected chi connectivity index (χ4v) is 2.53. The third-order valence-corrected chi connectivity index (χ3v) is 3.82. The fourth-order valence-electron chi connectivity index (χ4n) is 2.53. The van der Waals surface area contributed by atoms with E-state index in [4.69, 9.17) is 4.74 Å². The lowest BCUT2D eigenvalue weighted by Crippen LogP contribution is -2.36. The topological polar surface area (TPSA) is 58.6 Å². The van der Waals surface area contributed by atoms with E-state index >= 15 is 0 Å². The van der Waals surface area contributed by atoms with Crippen molar-refractivity contribution in [3.05, 3.63) is 53.6 Å². The minimum absolute atomic E-state index is 0.0181. The molecule has 2 aromatic carbocycles. The molecule has 0 saturated heterocycles. The lowest BCUT2D eigenvalue weighted by molar-refractivity contribution is -0.121. The summed E-state index contributed by atoms with van der Waals surface area (Å²) in [4.78, 5) is 25.6. The van der Waals surface area contributed by atoms with Gasteiger partial charge < -0.3 is 15.0 Å². The first-order valence-electron chi connectivity index (χ1n) is 7.42. The van der Waals surface area contributed by atoms with Gasteiger partial charge >= 0.3 is 0 Å². The van der Waals surface area contributed by atoms with Crippen molar-refractivity contribution < 1.29 is 14.3 Å². The van der Waals surface area contributed by atoms with Crippen molar-refractivity contribution in [2.45, 2.75) is 13.3 Å². The third-order valence-electron chi connectivity index (χ3n) is 3.82. The van der Waals surface area contributed by atoms with E-state index in [2.05, 4.69) is 5.32 Å². The van der Waals surface area contributed by atoms with Crippen molar-refractivity contribution in [3.8, 4) is 5.75 Å². The van der Waals surface area contributed by atoms with Crippen LogP contribution in [0, 0.1) is 6.92 Å². The van der Waals surface area contributed by atoms with Crippen molar-refractivity contribution >= 4 is 23.2 Å². The summed E-state index contributed by atoms with van der Waals surface area (Å²) in [5.41, 5.74) is 3.28. The number of hydrogen-bond donors (Lipinski definition) is 1. The maximum Gasteiger partial charge on any atom is 0.264 e. The van der Waals surface area contributed by atoms with Gasteiger partial charge in [0.05, 0.1) is 12.1 Å². The van der Waals surface area contributed by atoms with Gasteiger partial charge in [0, 0.05) is 7.05 Å². The molecule has 0 spiro atoms. The summed E-state index contributed by atoms with van der Waals surface area (Å²) in [6.45, 7) is 2.03. The van der Waals surface area contributed by atoms with Crippen molar-refractivity contribution in [1.29, 1.82) is 0 Å². The highest BCUT2D eigenvalue weighted by Gasteiger charge is 2.25. The van der Waals surface area contributed by atoms with Crippen molar-refractivity contribution in [3.63, 3.8) is 0 Å². The Morgan fingerprint density at radius 3 is 2.70 bits per heavy atom. The number of ether oxygens (including phenoxy) is 1. The second kappa shape index (κ2) is 6.12. The van der Waals surface area contributed by atoms with Crippen LogP contribution in [0.5, 0.6) is 5.75 Å². The summed E-state index contributed by atoms with van der Waals surface area (Å²) < 4.78 is 5.42. The number of nitrogens with zero attached hydrogens (tertiary/aromatic N) is 1. The molecule has 0 aliphatic carbocycles. The summed E-state index contributed by atoms with van der Waals surface area (Å²) in [6.07, 6.45) is 0.280. The van der Waals surface area contributed by atoms with Crippen LogP contribution in [0.4, 0.5) is 11.4 Å². The summed E-state index contributed by atoms with van der Waals surface area (Å²) in [7, 11) is 1.68. The first-order valence-corrected chi connectivity index (χ1v) is 7.42. The predicted octanol–water partition coefficient (Wildman–Crippen LogP) is 2.53. The summed E-state index contributed by atoms with van der Waals surface area (Å²) in [5, 5.41) is 2.87. The van der Waals surface area contributed by atoms with Gasteiger partial charge in [-0.25, -0.2) is 0 Å². The highest BCUT2D eigenvalue weighted by molar-refractivity contribution is 6.04. The number of benzene rings is 2. The predicted molar refractivity (Wildman–Crippen MR) is 88.9 cm³/mol. The van der Waals surface area contributed by atoms with Crippen LogP contribution in [-0.4, -0.2) is 25.5 Å². The van der Waals surface area contributed by atoms with E-state index < -0.39 is 0 Å². The van der Waals surface area contributed by atoms with Crippen LogP contribution in [0.15, 0.2) is 42.5 Å². The molecule has 0 aromatic heterocycles. The van der Waals surface area contributed by atoms with Gasteiger partial charge in [0.25, 0.3) is 5.91 Å². The molecular formula is C18H18N2O3. The van der Waals surface area contributed by atoms with Crippen LogP contribution in [-0.2, 0) is 16.0 Å². The molecular weight excluding hydrogens is 292 g/mol. The molecule has 5 heteroatoms. The molecule has 0 radical (unpaired) electrons. The van der Waals surface area contributed by atoms with E-state index in [1.807, 2.05) is 31.2 Å². The van der Waals surface area contributed by atoms with Gasteiger partial charge in [-0.1, -0.05) is 35.9 Å². The maximum absolute atomic E-state index is 12.3. The first-order chi connectivity index (χ1) is 11.0. The van der Waals surface area contributed by atoms with E-state index in [1.165, 1.54) is 4.90 Å². The van der Waals surface area contributed by atoms with Gasteiger partial charge in [-0.05, 0) is 24.6 Å². The Morgan fingerprint density at radius 2 is 1.96 bits per heavy atom. The molecule has 23 heavy (non-hydrogen) atoms. The Balaban J connectivity index is 1.79. The number of carbonyl (C=O) groups excluding carboxylic acids is 2. The van der Waals surface area contributed by atoms with Crippen LogP contribution in [0.25, 0.3) is 0 Å². The Labute approximate surface area is 134 Å². The lowest BCUT2D eigenvalue weighted by Gasteiger charge is -2.28. The monoisotopic (exact) mass is 310 g/mol. The highest BCUT2D eigenvalue weighted by Crippen LogP contribution is 2.37. The molecule has 0 atom stereocenters. The van der Waals surface area contributed by atoms with Crippen LogP contribution in [0.2, 0.25) is 0 Å². The van der Waals surface area contributed by atoms with E-state index in [9.17, 15) is 9.59 Å². The number of carbonyl (C=O) groups is 2. The van der Waals surface area contributed by atoms with E-state index in [0.717, 1.165) is 11.1 Å². The minimum atomic E-state index is -0.141. The van der Waals surface area contributed by atoms with E-state index in [1.54, 1.807) is 25.2 Å². The number of fused-ring (bicyclic) bond motifs is 1. The number of aryl methyl sites for hydroxylation is 1. The average molecular weight is 310 g/mol. The number of rotatable bonds is 3. The lowest BCUT2D eigenvalue weighted by atomic mass is 10.1. The standard InChI is InChI=1S/C18H18N2O3/c1-12-6-8-13(9-7-12)10-16(21)19-14-4-3-5-15-18(14)20(2)17(22)11-23-15/h3-9H,10-11H2,1-2H3,(H,19,21). The fraction of sp³-hybridized carbons (Fsp3) is 0.222. The summed E-state index contributed by atoms with van der Waals surface area (Å²) in [5.74, 6) is 0.326. The zero-order valence-corrected chi connectivity index (χ0v) is 13.1. The molecule has 0 bridgehead atoms. The Morgan fingerprint density at radius 1 is 1.22 bits per heavy atom. The number of likely N-dealkylation sites (N-methyl/N-ethyl adjacent to an activating group) is 1.